The first-order valence-electron chi connectivity index (χ1n) is 15.5. The lowest BCUT2D eigenvalue weighted by molar-refractivity contribution is -0.129. The summed E-state index contributed by atoms with van der Waals surface area (Å²) in [6, 6.07) is 14.0. The first kappa shape index (κ1) is 33.9. The smallest absolute Gasteiger partial charge is 0.243 e. The van der Waals surface area contributed by atoms with Gasteiger partial charge in [0.25, 0.3) is 0 Å². The van der Waals surface area contributed by atoms with E-state index < -0.39 is 12.1 Å². The number of fused-ring (bicyclic) bond motifs is 1. The van der Waals surface area contributed by atoms with E-state index in [1.807, 2.05) is 62.4 Å². The van der Waals surface area contributed by atoms with Crippen LogP contribution in [0, 0.1) is 12.8 Å². The Balaban J connectivity index is 1.57. The lowest BCUT2D eigenvalue weighted by atomic mass is 10.0. The Labute approximate surface area is 270 Å². The van der Waals surface area contributed by atoms with Gasteiger partial charge >= 0.3 is 0 Å². The van der Waals surface area contributed by atoms with Gasteiger partial charge < -0.3 is 20.7 Å². The van der Waals surface area contributed by atoms with Gasteiger partial charge in [0.15, 0.2) is 5.82 Å². The molecule has 3 aromatic rings. The first-order chi connectivity index (χ1) is 21.6. The van der Waals surface area contributed by atoms with Gasteiger partial charge in [-0.15, -0.1) is 0 Å². The number of hydrogen-bond donors (Lipinski definition) is 3. The number of hydrogen-bond acceptors (Lipinski definition) is 7. The average Bonchev–Trinajstić information content (AvgIpc) is 3.36. The fourth-order valence-electron chi connectivity index (χ4n) is 5.45. The van der Waals surface area contributed by atoms with E-state index in [2.05, 4.69) is 30.9 Å². The number of methoxy groups -OCH3 is 1. The predicted octanol–water partition coefficient (Wildman–Crippen LogP) is 3.59. The maximum Gasteiger partial charge on any atom is 0.243 e. The quantitative estimate of drug-likeness (QED) is 0.377. The minimum atomic E-state index is -0.793. The summed E-state index contributed by atoms with van der Waals surface area (Å²) in [6.07, 6.45) is 1.91. The average molecular weight is 638 g/mol. The molecular formula is C33H44ClN7O4. The highest BCUT2D eigenvalue weighted by Crippen LogP contribution is 2.26. The molecule has 4 rings (SSSR count). The topological polar surface area (TPSA) is 130 Å². The van der Waals surface area contributed by atoms with Crippen molar-refractivity contribution < 1.29 is 19.1 Å². The highest BCUT2D eigenvalue weighted by atomic mass is 35.5. The molecule has 2 aromatic carbocycles. The van der Waals surface area contributed by atoms with E-state index in [-0.39, 0.29) is 36.6 Å². The van der Waals surface area contributed by atoms with E-state index in [4.69, 9.17) is 16.3 Å². The van der Waals surface area contributed by atoms with Crippen molar-refractivity contribution in [3.8, 4) is 5.75 Å². The standard InChI is InChI=1S/C33H44ClN7O4/c1-22(2)31-32-36-23(3)39-41(32)21-30(43)35-15-9-17-40(20-25-13-14-28(45-4)26(34)18-25)16-8-12-29(42)37-27(33(44)38-31)19-24-10-6-5-7-11-24/h5-7,10-11,13-14,18,22,27,31H,8-9,12,15-17,19-21H2,1-4H3,(H,35,43)(H,37,42)(H,38,44)/t27-,31+/m1/s1. The van der Waals surface area contributed by atoms with Crippen LogP contribution in [-0.4, -0.2) is 70.2 Å². The zero-order valence-electron chi connectivity index (χ0n) is 26.5. The van der Waals surface area contributed by atoms with Gasteiger partial charge in [0, 0.05) is 32.5 Å². The third kappa shape index (κ3) is 10.0. The molecule has 3 N–H and O–H groups in total. The van der Waals surface area contributed by atoms with Crippen molar-refractivity contribution in [1.82, 2.24) is 35.6 Å². The molecule has 1 aromatic heterocycles. The molecular weight excluding hydrogens is 594 g/mol. The summed E-state index contributed by atoms with van der Waals surface area (Å²) < 4.78 is 6.85. The van der Waals surface area contributed by atoms with Gasteiger partial charge in [0.1, 0.15) is 24.2 Å². The molecule has 0 saturated carbocycles. The molecule has 0 aliphatic carbocycles. The number of amides is 3. The Morgan fingerprint density at radius 1 is 1.00 bits per heavy atom. The van der Waals surface area contributed by atoms with Gasteiger partial charge in [-0.25, -0.2) is 9.67 Å². The van der Waals surface area contributed by atoms with Crippen molar-refractivity contribution >= 4 is 29.3 Å². The molecule has 2 heterocycles. The fourth-order valence-corrected chi connectivity index (χ4v) is 5.73. The zero-order valence-corrected chi connectivity index (χ0v) is 27.3. The molecule has 0 bridgehead atoms. The van der Waals surface area contributed by atoms with Crippen LogP contribution in [0.3, 0.4) is 0 Å². The third-order valence-corrected chi connectivity index (χ3v) is 8.05. The van der Waals surface area contributed by atoms with E-state index in [0.717, 1.165) is 17.5 Å². The van der Waals surface area contributed by atoms with E-state index in [1.165, 1.54) is 0 Å². The van der Waals surface area contributed by atoms with Gasteiger partial charge in [0.05, 0.1) is 18.2 Å². The Morgan fingerprint density at radius 2 is 1.76 bits per heavy atom. The maximum atomic E-state index is 13.8. The van der Waals surface area contributed by atoms with Gasteiger partial charge in [-0.2, -0.15) is 5.10 Å². The molecule has 0 spiro atoms. The second-order valence-electron chi connectivity index (χ2n) is 11.8. The van der Waals surface area contributed by atoms with Crippen LogP contribution in [0.25, 0.3) is 0 Å². The molecule has 0 radical (unpaired) electrons. The lowest BCUT2D eigenvalue weighted by Gasteiger charge is -2.26. The number of aryl methyl sites for hydroxylation is 1. The van der Waals surface area contributed by atoms with Crippen LogP contribution < -0.4 is 20.7 Å². The van der Waals surface area contributed by atoms with Crippen molar-refractivity contribution in [2.45, 2.75) is 71.6 Å². The first-order valence-corrected chi connectivity index (χ1v) is 15.9. The third-order valence-electron chi connectivity index (χ3n) is 7.75. The minimum absolute atomic E-state index is 0.0203. The molecule has 12 heteroatoms. The molecule has 1 aliphatic rings. The monoisotopic (exact) mass is 637 g/mol. The SMILES string of the molecule is COc1ccc(CN2CCCNC(=O)Cn3nc(C)nc3[C@H](C(C)C)NC(=O)[C@@H](Cc3ccccc3)NC(=O)CCC2)cc1Cl. The molecule has 11 nitrogen and oxygen atoms in total. The van der Waals surface area contributed by atoms with Crippen molar-refractivity contribution in [2.24, 2.45) is 5.92 Å². The molecule has 242 valence electrons. The Kier molecular flexibility index (Phi) is 12.3. The number of ether oxygens (including phenoxy) is 1. The number of carbonyl (C=O) groups excluding carboxylic acids is 3. The highest BCUT2D eigenvalue weighted by Gasteiger charge is 2.29. The number of carbonyl (C=O) groups is 3. The van der Waals surface area contributed by atoms with Crippen molar-refractivity contribution in [3.05, 3.63) is 76.3 Å². The number of aromatic nitrogens is 3. The summed E-state index contributed by atoms with van der Waals surface area (Å²) in [4.78, 5) is 46.8. The zero-order chi connectivity index (χ0) is 32.3. The van der Waals surface area contributed by atoms with Gasteiger partial charge in [-0.05, 0) is 55.5 Å². The normalized spacial score (nSPS) is 19.6. The summed E-state index contributed by atoms with van der Waals surface area (Å²) in [7, 11) is 1.58. The van der Waals surface area contributed by atoms with Crippen LogP contribution >= 0.6 is 11.6 Å². The summed E-state index contributed by atoms with van der Waals surface area (Å²) in [5, 5.41) is 14.1. The maximum absolute atomic E-state index is 13.8. The van der Waals surface area contributed by atoms with Crippen LogP contribution in [0.5, 0.6) is 5.75 Å². The largest absolute Gasteiger partial charge is 0.495 e. The molecule has 0 unspecified atom stereocenters. The summed E-state index contributed by atoms with van der Waals surface area (Å²) >= 11 is 6.37. The number of rotatable bonds is 6. The second-order valence-corrected chi connectivity index (χ2v) is 12.2. The number of benzene rings is 2. The summed E-state index contributed by atoms with van der Waals surface area (Å²) in [5.74, 6) is 0.879. The van der Waals surface area contributed by atoms with Crippen molar-refractivity contribution in [1.29, 1.82) is 0 Å². The van der Waals surface area contributed by atoms with Crippen molar-refractivity contribution in [3.63, 3.8) is 0 Å². The second kappa shape index (κ2) is 16.4. The van der Waals surface area contributed by atoms with Crippen LogP contribution in [0.1, 0.15) is 61.9 Å². The lowest BCUT2D eigenvalue weighted by Crippen LogP contribution is -2.50. The van der Waals surface area contributed by atoms with Gasteiger partial charge in [0.2, 0.25) is 17.7 Å². The molecule has 1 aliphatic heterocycles. The van der Waals surface area contributed by atoms with E-state index in [9.17, 15) is 14.4 Å². The van der Waals surface area contributed by atoms with Gasteiger partial charge in [-0.1, -0.05) is 61.8 Å². The van der Waals surface area contributed by atoms with Crippen LogP contribution in [0.4, 0.5) is 0 Å². The highest BCUT2D eigenvalue weighted by molar-refractivity contribution is 6.32. The van der Waals surface area contributed by atoms with Crippen LogP contribution in [0.15, 0.2) is 48.5 Å². The number of halogens is 1. The van der Waals surface area contributed by atoms with Crippen LogP contribution in [-0.2, 0) is 33.9 Å². The van der Waals surface area contributed by atoms with E-state index >= 15 is 0 Å². The number of nitrogens with one attached hydrogen (secondary N) is 3. The summed E-state index contributed by atoms with van der Waals surface area (Å²) in [6.45, 7) is 8.14. The molecule has 0 saturated heterocycles. The molecule has 3 amide bonds. The van der Waals surface area contributed by atoms with E-state index in [0.29, 0.717) is 61.4 Å². The Hall–Kier alpha value is -3.96. The Morgan fingerprint density at radius 3 is 2.47 bits per heavy atom. The number of nitrogens with zero attached hydrogens (tertiary/aromatic N) is 4. The van der Waals surface area contributed by atoms with Crippen molar-refractivity contribution in [2.75, 3.05) is 26.7 Å². The fraction of sp³-hybridized carbons (Fsp3) is 0.485. The predicted molar refractivity (Wildman–Crippen MR) is 173 cm³/mol. The minimum Gasteiger partial charge on any atom is -0.495 e. The van der Waals surface area contributed by atoms with Gasteiger partial charge in [-0.3, -0.25) is 19.3 Å². The van der Waals surface area contributed by atoms with Crippen LogP contribution in [0.2, 0.25) is 5.02 Å². The summed E-state index contributed by atoms with van der Waals surface area (Å²) in [5.41, 5.74) is 1.95. The molecule has 0 fully saturated rings. The molecule has 45 heavy (non-hydrogen) atoms. The van der Waals surface area contributed by atoms with E-state index in [1.54, 1.807) is 18.7 Å². The molecule has 2 atom stereocenters. The Bertz CT molecular complexity index is 1450.